The summed E-state index contributed by atoms with van der Waals surface area (Å²) >= 11 is 0. The summed E-state index contributed by atoms with van der Waals surface area (Å²) in [7, 11) is 3.07. The summed E-state index contributed by atoms with van der Waals surface area (Å²) in [6.07, 6.45) is 0.830. The Kier molecular flexibility index (Phi) is 4.61. The lowest BCUT2D eigenvalue weighted by molar-refractivity contribution is -0.116. The van der Waals surface area contributed by atoms with Crippen LogP contribution in [0, 0.1) is 0 Å². The van der Waals surface area contributed by atoms with Crippen molar-refractivity contribution in [3.05, 3.63) is 47.5 Å². The monoisotopic (exact) mass is 340 g/mol. The molecule has 0 aliphatic carbocycles. The van der Waals surface area contributed by atoms with Gasteiger partial charge in [0.05, 0.1) is 14.2 Å². The van der Waals surface area contributed by atoms with E-state index in [0.29, 0.717) is 29.3 Å². The van der Waals surface area contributed by atoms with Crippen LogP contribution in [0.2, 0.25) is 0 Å². The van der Waals surface area contributed by atoms with Gasteiger partial charge in [-0.05, 0) is 36.2 Å². The van der Waals surface area contributed by atoms with Crippen molar-refractivity contribution in [2.75, 3.05) is 31.0 Å². The largest absolute Gasteiger partial charge is 0.497 e. The van der Waals surface area contributed by atoms with Crippen LogP contribution in [0.4, 0.5) is 11.4 Å². The molecule has 1 heterocycles. The first-order valence-electron chi connectivity index (χ1n) is 7.97. The third-order valence-corrected chi connectivity index (χ3v) is 4.23. The molecule has 130 valence electrons. The summed E-state index contributed by atoms with van der Waals surface area (Å²) in [4.78, 5) is 26.0. The fourth-order valence-electron chi connectivity index (χ4n) is 2.93. The van der Waals surface area contributed by atoms with Crippen molar-refractivity contribution in [2.24, 2.45) is 0 Å². The number of ether oxygens (including phenoxy) is 2. The van der Waals surface area contributed by atoms with Crippen LogP contribution < -0.4 is 19.7 Å². The minimum atomic E-state index is -0.274. The number of methoxy groups -OCH3 is 2. The van der Waals surface area contributed by atoms with Crippen molar-refractivity contribution in [3.8, 4) is 11.5 Å². The molecule has 0 aromatic heterocycles. The first kappa shape index (κ1) is 16.8. The second-order valence-corrected chi connectivity index (χ2v) is 5.82. The lowest BCUT2D eigenvalue weighted by atomic mass is 10.1. The van der Waals surface area contributed by atoms with Crippen molar-refractivity contribution in [3.63, 3.8) is 0 Å². The van der Waals surface area contributed by atoms with E-state index in [9.17, 15) is 9.59 Å². The van der Waals surface area contributed by atoms with Gasteiger partial charge in [-0.25, -0.2) is 0 Å². The molecule has 1 aliphatic rings. The quantitative estimate of drug-likeness (QED) is 0.929. The lowest BCUT2D eigenvalue weighted by Crippen LogP contribution is -2.25. The molecule has 0 saturated heterocycles. The molecule has 0 bridgehead atoms. The van der Waals surface area contributed by atoms with Crippen LogP contribution in [0.3, 0.4) is 0 Å². The highest BCUT2D eigenvalue weighted by Crippen LogP contribution is 2.31. The number of nitrogens with one attached hydrogen (secondary N) is 1. The zero-order chi connectivity index (χ0) is 18.0. The Balaban J connectivity index is 1.85. The average molecular weight is 340 g/mol. The minimum absolute atomic E-state index is 0.000223. The summed E-state index contributed by atoms with van der Waals surface area (Å²) in [6, 6.07) is 10.6. The Hall–Kier alpha value is -3.02. The van der Waals surface area contributed by atoms with Gasteiger partial charge in [-0.2, -0.15) is 0 Å². The summed E-state index contributed by atoms with van der Waals surface area (Å²) in [6.45, 7) is 2.22. The SMILES string of the molecule is COc1cc(OC)cc(C(=O)Nc2ccc3c(c2)N(C(C)=O)CC3)c1. The van der Waals surface area contributed by atoms with Crippen LogP contribution in [0.15, 0.2) is 36.4 Å². The van der Waals surface area contributed by atoms with Gasteiger partial charge >= 0.3 is 0 Å². The maximum atomic E-state index is 12.6. The molecule has 0 unspecified atom stereocenters. The third-order valence-electron chi connectivity index (χ3n) is 4.23. The number of nitrogens with zero attached hydrogens (tertiary/aromatic N) is 1. The van der Waals surface area contributed by atoms with E-state index in [1.54, 1.807) is 30.0 Å². The number of amides is 2. The molecule has 3 rings (SSSR count). The zero-order valence-electron chi connectivity index (χ0n) is 14.5. The number of rotatable bonds is 4. The van der Waals surface area contributed by atoms with Gasteiger partial charge in [0.2, 0.25) is 5.91 Å². The van der Waals surface area contributed by atoms with Crippen molar-refractivity contribution in [1.82, 2.24) is 0 Å². The number of benzene rings is 2. The minimum Gasteiger partial charge on any atom is -0.497 e. The maximum Gasteiger partial charge on any atom is 0.255 e. The zero-order valence-corrected chi connectivity index (χ0v) is 14.5. The second kappa shape index (κ2) is 6.84. The van der Waals surface area contributed by atoms with Gasteiger partial charge in [0.25, 0.3) is 5.91 Å². The highest BCUT2D eigenvalue weighted by molar-refractivity contribution is 6.05. The molecule has 2 aromatic rings. The Labute approximate surface area is 146 Å². The van der Waals surface area contributed by atoms with E-state index in [0.717, 1.165) is 17.7 Å². The van der Waals surface area contributed by atoms with Crippen LogP contribution >= 0.6 is 0 Å². The predicted octanol–water partition coefficient (Wildman–Crippen LogP) is 2.87. The van der Waals surface area contributed by atoms with Crippen LogP contribution in [-0.2, 0) is 11.2 Å². The van der Waals surface area contributed by atoms with E-state index in [1.165, 1.54) is 14.2 Å². The Morgan fingerprint density at radius 1 is 1.04 bits per heavy atom. The molecule has 1 N–H and O–H groups in total. The van der Waals surface area contributed by atoms with Crippen LogP contribution in [0.5, 0.6) is 11.5 Å². The predicted molar refractivity (Wildman–Crippen MR) is 95.7 cm³/mol. The maximum absolute atomic E-state index is 12.6. The summed E-state index contributed by atoms with van der Waals surface area (Å²) in [5.41, 5.74) is 3.03. The Bertz CT molecular complexity index is 810. The summed E-state index contributed by atoms with van der Waals surface area (Å²) in [5, 5.41) is 2.86. The van der Waals surface area contributed by atoms with E-state index in [-0.39, 0.29) is 11.8 Å². The highest BCUT2D eigenvalue weighted by atomic mass is 16.5. The molecule has 0 atom stereocenters. The summed E-state index contributed by atoms with van der Waals surface area (Å²) in [5.74, 6) is 0.812. The normalized spacial score (nSPS) is 12.5. The number of hydrogen-bond donors (Lipinski definition) is 1. The molecular weight excluding hydrogens is 320 g/mol. The van der Waals surface area contributed by atoms with Gasteiger partial charge in [0, 0.05) is 36.5 Å². The number of carbonyl (C=O) groups excluding carboxylic acids is 2. The molecule has 6 heteroatoms. The van der Waals surface area contributed by atoms with Crippen molar-refractivity contribution < 1.29 is 19.1 Å². The van der Waals surface area contributed by atoms with Gasteiger partial charge < -0.3 is 19.7 Å². The fourth-order valence-corrected chi connectivity index (χ4v) is 2.93. The first-order valence-corrected chi connectivity index (χ1v) is 7.97. The first-order chi connectivity index (χ1) is 12.0. The molecule has 0 radical (unpaired) electrons. The Morgan fingerprint density at radius 3 is 2.32 bits per heavy atom. The summed E-state index contributed by atoms with van der Waals surface area (Å²) < 4.78 is 10.4. The molecule has 0 saturated carbocycles. The van der Waals surface area contributed by atoms with Crippen LogP contribution in [-0.4, -0.2) is 32.6 Å². The van der Waals surface area contributed by atoms with E-state index in [1.807, 2.05) is 18.2 Å². The molecule has 0 spiro atoms. The fraction of sp³-hybridized carbons (Fsp3) is 0.263. The number of hydrogen-bond acceptors (Lipinski definition) is 4. The van der Waals surface area contributed by atoms with Gasteiger partial charge in [-0.3, -0.25) is 9.59 Å². The molecule has 1 aliphatic heterocycles. The number of anilines is 2. The van der Waals surface area contributed by atoms with E-state index >= 15 is 0 Å². The van der Waals surface area contributed by atoms with Crippen molar-refractivity contribution in [1.29, 1.82) is 0 Å². The van der Waals surface area contributed by atoms with Crippen molar-refractivity contribution in [2.45, 2.75) is 13.3 Å². The smallest absolute Gasteiger partial charge is 0.255 e. The highest BCUT2D eigenvalue weighted by Gasteiger charge is 2.22. The van der Waals surface area contributed by atoms with Gasteiger partial charge in [0.1, 0.15) is 11.5 Å². The topological polar surface area (TPSA) is 67.9 Å². The average Bonchev–Trinajstić information content (AvgIpc) is 3.04. The van der Waals surface area contributed by atoms with E-state index in [2.05, 4.69) is 5.32 Å². The van der Waals surface area contributed by atoms with Crippen LogP contribution in [0.1, 0.15) is 22.8 Å². The number of carbonyl (C=O) groups is 2. The van der Waals surface area contributed by atoms with Gasteiger partial charge in [0.15, 0.2) is 0 Å². The molecule has 2 amide bonds. The third kappa shape index (κ3) is 3.42. The van der Waals surface area contributed by atoms with E-state index < -0.39 is 0 Å². The lowest BCUT2D eigenvalue weighted by Gasteiger charge is -2.16. The van der Waals surface area contributed by atoms with Crippen molar-refractivity contribution >= 4 is 23.2 Å². The van der Waals surface area contributed by atoms with E-state index in [4.69, 9.17) is 9.47 Å². The standard InChI is InChI=1S/C19H20N2O4/c1-12(22)21-7-6-13-4-5-15(10-18(13)21)20-19(23)14-8-16(24-2)11-17(9-14)25-3/h4-5,8-11H,6-7H2,1-3H3,(H,20,23). The Morgan fingerprint density at radius 2 is 1.72 bits per heavy atom. The molecular formula is C19H20N2O4. The molecule has 6 nitrogen and oxygen atoms in total. The van der Waals surface area contributed by atoms with Crippen LogP contribution in [0.25, 0.3) is 0 Å². The second-order valence-electron chi connectivity index (χ2n) is 5.82. The van der Waals surface area contributed by atoms with Gasteiger partial charge in [-0.1, -0.05) is 6.07 Å². The molecule has 25 heavy (non-hydrogen) atoms. The van der Waals surface area contributed by atoms with Gasteiger partial charge in [-0.15, -0.1) is 0 Å². The number of fused-ring (bicyclic) bond motifs is 1. The molecule has 0 fully saturated rings. The molecule has 2 aromatic carbocycles.